The van der Waals surface area contributed by atoms with Crippen LogP contribution in [0.5, 0.6) is 0 Å². The van der Waals surface area contributed by atoms with E-state index in [-0.39, 0.29) is 17.6 Å². The van der Waals surface area contributed by atoms with E-state index >= 15 is 0 Å². The maximum atomic E-state index is 11.6. The smallest absolute Gasteiger partial charge is 0.292 e. The quantitative estimate of drug-likeness (QED) is 0.652. The minimum atomic E-state index is -0.418. The summed E-state index contributed by atoms with van der Waals surface area (Å²) >= 11 is 0. The molecule has 0 radical (unpaired) electrons. The molecule has 0 bridgehead atoms. The second kappa shape index (κ2) is 5.03. The maximum absolute atomic E-state index is 11.6. The molecule has 96 valence electrons. The molecule has 18 heavy (non-hydrogen) atoms. The third-order valence-electron chi connectivity index (χ3n) is 3.12. The molecule has 1 fully saturated rings. The molecule has 1 saturated heterocycles. The van der Waals surface area contributed by atoms with Crippen LogP contribution in [-0.2, 0) is 4.79 Å². The Hall–Kier alpha value is -2.11. The first-order chi connectivity index (χ1) is 8.58. The molecule has 2 rings (SSSR count). The molecule has 1 N–H and O–H groups in total. The van der Waals surface area contributed by atoms with E-state index in [2.05, 4.69) is 5.32 Å². The lowest BCUT2D eigenvalue weighted by atomic mass is 10.0. The first-order valence-corrected chi connectivity index (χ1v) is 5.82. The van der Waals surface area contributed by atoms with Gasteiger partial charge in [0.05, 0.1) is 4.92 Å². The van der Waals surface area contributed by atoms with Crippen LogP contribution in [0.1, 0.15) is 12.8 Å². The highest BCUT2D eigenvalue weighted by molar-refractivity contribution is 5.78. The highest BCUT2D eigenvalue weighted by Crippen LogP contribution is 2.26. The largest absolute Gasteiger partial charge is 0.376 e. The summed E-state index contributed by atoms with van der Waals surface area (Å²) in [7, 11) is 1.77. The molecule has 0 aromatic heterocycles. The van der Waals surface area contributed by atoms with E-state index in [1.807, 2.05) is 0 Å². The van der Waals surface area contributed by atoms with Crippen molar-refractivity contribution >= 4 is 17.3 Å². The Morgan fingerprint density at radius 2 is 2.17 bits per heavy atom. The molecule has 1 unspecified atom stereocenters. The summed E-state index contributed by atoms with van der Waals surface area (Å²) in [6, 6.07) is 6.46. The second-order valence-electron chi connectivity index (χ2n) is 4.42. The number of carbonyl (C=O) groups excluding carboxylic acids is 1. The van der Waals surface area contributed by atoms with Crippen LogP contribution in [0.3, 0.4) is 0 Å². The number of hydrogen-bond acceptors (Lipinski definition) is 4. The summed E-state index contributed by atoms with van der Waals surface area (Å²) in [5, 5.41) is 14.0. The summed E-state index contributed by atoms with van der Waals surface area (Å²) in [5.74, 6) is 0.0670. The second-order valence-corrected chi connectivity index (χ2v) is 4.42. The van der Waals surface area contributed by atoms with Gasteiger partial charge in [-0.2, -0.15) is 0 Å². The van der Waals surface area contributed by atoms with Crippen LogP contribution in [0.4, 0.5) is 11.4 Å². The van der Waals surface area contributed by atoms with Gasteiger partial charge in [-0.15, -0.1) is 0 Å². The molecule has 6 heteroatoms. The molecule has 1 heterocycles. The van der Waals surface area contributed by atoms with Gasteiger partial charge in [-0.25, -0.2) is 0 Å². The van der Waals surface area contributed by atoms with Crippen molar-refractivity contribution in [1.29, 1.82) is 0 Å². The number of rotatable bonds is 3. The number of hydrogen-bond donors (Lipinski definition) is 1. The first-order valence-electron chi connectivity index (χ1n) is 5.82. The fraction of sp³-hybridized carbons (Fsp3) is 0.417. The normalized spacial score (nSPS) is 19.7. The Kier molecular flexibility index (Phi) is 3.45. The first kappa shape index (κ1) is 12.3. The van der Waals surface area contributed by atoms with Gasteiger partial charge in [-0.05, 0) is 12.5 Å². The Morgan fingerprint density at radius 1 is 1.44 bits per heavy atom. The Balaban J connectivity index is 2.10. The summed E-state index contributed by atoms with van der Waals surface area (Å²) in [6.45, 7) is 0.678. The molecule has 1 aliphatic rings. The van der Waals surface area contributed by atoms with Crippen LogP contribution in [0.2, 0.25) is 0 Å². The lowest BCUT2D eigenvalue weighted by Gasteiger charge is -2.29. The van der Waals surface area contributed by atoms with Crippen LogP contribution in [0.25, 0.3) is 0 Å². The highest BCUT2D eigenvalue weighted by Gasteiger charge is 2.24. The van der Waals surface area contributed by atoms with Crippen molar-refractivity contribution in [3.8, 4) is 0 Å². The van der Waals surface area contributed by atoms with E-state index in [9.17, 15) is 14.9 Å². The molecule has 0 spiro atoms. The average Bonchev–Trinajstić information content (AvgIpc) is 2.34. The van der Waals surface area contributed by atoms with Crippen LogP contribution >= 0.6 is 0 Å². The van der Waals surface area contributed by atoms with Crippen LogP contribution in [0.15, 0.2) is 24.3 Å². The van der Waals surface area contributed by atoms with E-state index in [0.29, 0.717) is 18.7 Å². The Labute approximate surface area is 105 Å². The van der Waals surface area contributed by atoms with Crippen molar-refractivity contribution in [2.75, 3.05) is 18.9 Å². The van der Waals surface area contributed by atoms with Gasteiger partial charge in [0, 0.05) is 32.1 Å². The lowest BCUT2D eigenvalue weighted by molar-refractivity contribution is -0.384. The van der Waals surface area contributed by atoms with E-state index < -0.39 is 4.92 Å². The van der Waals surface area contributed by atoms with Gasteiger partial charge in [0.2, 0.25) is 5.91 Å². The number of carbonyl (C=O) groups is 1. The number of anilines is 1. The van der Waals surface area contributed by atoms with Crippen molar-refractivity contribution < 1.29 is 9.72 Å². The number of benzene rings is 1. The number of amides is 1. The zero-order chi connectivity index (χ0) is 13.1. The minimum absolute atomic E-state index is 0.0326. The third-order valence-corrected chi connectivity index (χ3v) is 3.12. The molecule has 1 atom stereocenters. The predicted molar refractivity (Wildman–Crippen MR) is 67.4 cm³/mol. The van der Waals surface area contributed by atoms with E-state index in [0.717, 1.165) is 6.42 Å². The van der Waals surface area contributed by atoms with Gasteiger partial charge < -0.3 is 10.2 Å². The third kappa shape index (κ3) is 2.58. The fourth-order valence-corrected chi connectivity index (χ4v) is 2.04. The minimum Gasteiger partial charge on any atom is -0.376 e. The van der Waals surface area contributed by atoms with Crippen LogP contribution < -0.4 is 5.32 Å². The molecule has 0 aliphatic carbocycles. The van der Waals surface area contributed by atoms with Gasteiger partial charge in [0.25, 0.3) is 5.69 Å². The number of nitrogens with one attached hydrogen (secondary N) is 1. The number of nitrogens with zero attached hydrogens (tertiary/aromatic N) is 2. The summed E-state index contributed by atoms with van der Waals surface area (Å²) in [4.78, 5) is 23.7. The zero-order valence-corrected chi connectivity index (χ0v) is 10.1. The standard InChI is InChI=1S/C12H15N3O3/c1-14-7-6-9(8-12(14)16)13-10-4-2-3-5-11(10)15(17)18/h2-5,9,13H,6-8H2,1H3. The van der Waals surface area contributed by atoms with Crippen LogP contribution in [-0.4, -0.2) is 35.4 Å². The van der Waals surface area contributed by atoms with Crippen molar-refractivity contribution in [3.05, 3.63) is 34.4 Å². The zero-order valence-electron chi connectivity index (χ0n) is 10.1. The molecule has 1 amide bonds. The number of para-hydroxylation sites is 2. The summed E-state index contributed by atoms with van der Waals surface area (Å²) in [6.07, 6.45) is 1.18. The highest BCUT2D eigenvalue weighted by atomic mass is 16.6. The van der Waals surface area contributed by atoms with E-state index in [1.54, 1.807) is 30.1 Å². The van der Waals surface area contributed by atoms with Crippen molar-refractivity contribution in [2.24, 2.45) is 0 Å². The van der Waals surface area contributed by atoms with Gasteiger partial charge in [-0.3, -0.25) is 14.9 Å². The topological polar surface area (TPSA) is 75.5 Å². The van der Waals surface area contributed by atoms with Crippen LogP contribution in [0, 0.1) is 10.1 Å². The van der Waals surface area contributed by atoms with Crippen molar-refractivity contribution in [2.45, 2.75) is 18.9 Å². The number of likely N-dealkylation sites (tertiary alicyclic amines) is 1. The molecule has 6 nitrogen and oxygen atoms in total. The number of piperidine rings is 1. The maximum Gasteiger partial charge on any atom is 0.292 e. The average molecular weight is 249 g/mol. The lowest BCUT2D eigenvalue weighted by Crippen LogP contribution is -2.41. The van der Waals surface area contributed by atoms with Gasteiger partial charge >= 0.3 is 0 Å². The molecule has 1 aromatic carbocycles. The van der Waals surface area contributed by atoms with E-state index in [1.165, 1.54) is 6.07 Å². The van der Waals surface area contributed by atoms with Gasteiger partial charge in [-0.1, -0.05) is 12.1 Å². The monoisotopic (exact) mass is 249 g/mol. The molecule has 1 aliphatic heterocycles. The van der Waals surface area contributed by atoms with Crippen molar-refractivity contribution in [3.63, 3.8) is 0 Å². The molecular weight excluding hydrogens is 234 g/mol. The van der Waals surface area contributed by atoms with Gasteiger partial charge in [0.1, 0.15) is 5.69 Å². The Morgan fingerprint density at radius 3 is 2.83 bits per heavy atom. The van der Waals surface area contributed by atoms with Crippen molar-refractivity contribution in [1.82, 2.24) is 4.90 Å². The van der Waals surface area contributed by atoms with E-state index in [4.69, 9.17) is 0 Å². The molecular formula is C12H15N3O3. The number of nitro groups is 1. The predicted octanol–water partition coefficient (Wildman–Crippen LogP) is 1.63. The fourth-order valence-electron chi connectivity index (χ4n) is 2.04. The van der Waals surface area contributed by atoms with Gasteiger partial charge in [0.15, 0.2) is 0 Å². The molecule has 1 aromatic rings. The summed E-state index contributed by atoms with van der Waals surface area (Å²) < 4.78 is 0. The Bertz CT molecular complexity index is 475. The number of nitro benzene ring substituents is 1. The SMILES string of the molecule is CN1CCC(Nc2ccccc2[N+](=O)[O-])CC1=O. The summed E-state index contributed by atoms with van der Waals surface area (Å²) in [5.41, 5.74) is 0.522. The molecule has 0 saturated carbocycles.